The molecule has 0 unspecified atom stereocenters. The first-order chi connectivity index (χ1) is 9.08. The molecule has 0 saturated heterocycles. The quantitative estimate of drug-likeness (QED) is 0.816. The van der Waals surface area contributed by atoms with Crippen LogP contribution in [0, 0.1) is 0 Å². The van der Waals surface area contributed by atoms with Crippen molar-refractivity contribution in [3.05, 3.63) is 23.8 Å². The highest BCUT2D eigenvalue weighted by Gasteiger charge is 2.27. The molecule has 0 fully saturated rings. The van der Waals surface area contributed by atoms with Crippen LogP contribution in [0.25, 0.3) is 0 Å². The van der Waals surface area contributed by atoms with Crippen LogP contribution in [-0.4, -0.2) is 26.5 Å². The first-order valence-corrected chi connectivity index (χ1v) is 7.88. The molecule has 1 aliphatic rings. The lowest BCUT2D eigenvalue weighted by Crippen LogP contribution is -2.48. The molecule has 20 heavy (non-hydrogen) atoms. The maximum atomic E-state index is 12.2. The molecule has 1 aromatic rings. The highest BCUT2D eigenvalue weighted by molar-refractivity contribution is 7.89. The van der Waals surface area contributed by atoms with Gasteiger partial charge in [-0.3, -0.25) is 4.90 Å². The standard InChI is InChI=1S/C13H19N3O3S/c1-13(2,3)15-12(17)16-7-6-9-8-10(20(14,18)19)4-5-11(9)16/h4-5,8H,6-7H2,1-3H3,(H,15,17)(H2,14,18,19). The number of fused-ring (bicyclic) bond motifs is 1. The summed E-state index contributed by atoms with van der Waals surface area (Å²) in [5.41, 5.74) is 1.24. The Bertz CT molecular complexity index is 647. The van der Waals surface area contributed by atoms with Gasteiger partial charge in [0.25, 0.3) is 0 Å². The number of hydrogen-bond acceptors (Lipinski definition) is 3. The van der Waals surface area contributed by atoms with Crippen LogP contribution >= 0.6 is 0 Å². The van der Waals surface area contributed by atoms with Crippen LogP contribution in [0.4, 0.5) is 10.5 Å². The molecular formula is C13H19N3O3S. The van der Waals surface area contributed by atoms with Gasteiger partial charge in [0.2, 0.25) is 10.0 Å². The van der Waals surface area contributed by atoms with Crippen molar-refractivity contribution in [2.45, 2.75) is 37.6 Å². The summed E-state index contributed by atoms with van der Waals surface area (Å²) in [6.45, 7) is 6.26. The zero-order valence-corrected chi connectivity index (χ0v) is 12.6. The van der Waals surface area contributed by atoms with E-state index in [1.165, 1.54) is 12.1 Å². The molecule has 0 bridgehead atoms. The van der Waals surface area contributed by atoms with E-state index in [9.17, 15) is 13.2 Å². The van der Waals surface area contributed by atoms with Crippen LogP contribution in [-0.2, 0) is 16.4 Å². The fourth-order valence-electron chi connectivity index (χ4n) is 2.15. The molecule has 1 heterocycles. The summed E-state index contributed by atoms with van der Waals surface area (Å²) >= 11 is 0. The number of nitrogens with zero attached hydrogens (tertiary/aromatic N) is 1. The van der Waals surface area contributed by atoms with Crippen molar-refractivity contribution in [3.8, 4) is 0 Å². The molecule has 7 heteroatoms. The van der Waals surface area contributed by atoms with Crippen molar-refractivity contribution >= 4 is 21.7 Å². The molecule has 1 aromatic carbocycles. The Morgan fingerprint density at radius 3 is 2.55 bits per heavy atom. The fourth-order valence-corrected chi connectivity index (χ4v) is 2.72. The molecule has 0 spiro atoms. The van der Waals surface area contributed by atoms with Crippen LogP contribution < -0.4 is 15.4 Å². The molecule has 0 radical (unpaired) electrons. The minimum atomic E-state index is -3.71. The van der Waals surface area contributed by atoms with Gasteiger partial charge < -0.3 is 5.32 Å². The zero-order chi connectivity index (χ0) is 15.1. The van der Waals surface area contributed by atoms with Gasteiger partial charge >= 0.3 is 6.03 Å². The molecule has 0 aliphatic carbocycles. The SMILES string of the molecule is CC(C)(C)NC(=O)N1CCc2cc(S(N)(=O)=O)ccc21. The number of nitrogens with one attached hydrogen (secondary N) is 1. The van der Waals surface area contributed by atoms with E-state index in [2.05, 4.69) is 5.32 Å². The van der Waals surface area contributed by atoms with Crippen LogP contribution in [0.15, 0.2) is 23.1 Å². The first-order valence-electron chi connectivity index (χ1n) is 6.33. The molecule has 110 valence electrons. The minimum Gasteiger partial charge on any atom is -0.333 e. The third-order valence-corrected chi connectivity index (χ3v) is 3.91. The first kappa shape index (κ1) is 14.8. The molecule has 2 amide bonds. The molecule has 0 aromatic heterocycles. The van der Waals surface area contributed by atoms with E-state index >= 15 is 0 Å². The van der Waals surface area contributed by atoms with Crippen LogP contribution in [0.3, 0.4) is 0 Å². The van der Waals surface area contributed by atoms with Gasteiger partial charge in [0, 0.05) is 17.8 Å². The molecule has 1 aliphatic heterocycles. The number of rotatable bonds is 1. The summed E-state index contributed by atoms with van der Waals surface area (Å²) < 4.78 is 22.6. The summed E-state index contributed by atoms with van der Waals surface area (Å²) in [6.07, 6.45) is 0.621. The van der Waals surface area contributed by atoms with Crippen LogP contribution in [0.5, 0.6) is 0 Å². The zero-order valence-electron chi connectivity index (χ0n) is 11.8. The lowest BCUT2D eigenvalue weighted by Gasteiger charge is -2.26. The molecule has 0 atom stereocenters. The van der Waals surface area contributed by atoms with E-state index in [1.807, 2.05) is 20.8 Å². The number of sulfonamides is 1. The maximum absolute atomic E-state index is 12.2. The minimum absolute atomic E-state index is 0.0781. The Kier molecular flexibility index (Phi) is 3.51. The van der Waals surface area contributed by atoms with Crippen molar-refractivity contribution in [2.75, 3.05) is 11.4 Å². The number of hydrogen-bond donors (Lipinski definition) is 2. The number of urea groups is 1. The Balaban J connectivity index is 2.29. The highest BCUT2D eigenvalue weighted by Crippen LogP contribution is 2.30. The van der Waals surface area contributed by atoms with Gasteiger partial charge in [0.15, 0.2) is 0 Å². The van der Waals surface area contributed by atoms with Gasteiger partial charge in [-0.2, -0.15) is 0 Å². The van der Waals surface area contributed by atoms with Crippen molar-refractivity contribution in [1.29, 1.82) is 0 Å². The lowest BCUT2D eigenvalue weighted by atomic mass is 10.1. The maximum Gasteiger partial charge on any atom is 0.322 e. The van der Waals surface area contributed by atoms with E-state index in [0.717, 1.165) is 11.3 Å². The Hall–Kier alpha value is -1.60. The topological polar surface area (TPSA) is 92.5 Å². The number of nitrogens with two attached hydrogens (primary N) is 1. The second kappa shape index (κ2) is 4.75. The second-order valence-corrected chi connectivity index (χ2v) is 7.48. The van der Waals surface area contributed by atoms with Gasteiger partial charge in [-0.1, -0.05) is 0 Å². The predicted molar refractivity (Wildman–Crippen MR) is 77.1 cm³/mol. The van der Waals surface area contributed by atoms with Crippen molar-refractivity contribution < 1.29 is 13.2 Å². The van der Waals surface area contributed by atoms with Gasteiger partial charge in [-0.05, 0) is 51.0 Å². The predicted octanol–water partition coefficient (Wildman–Crippen LogP) is 1.20. The molecular weight excluding hydrogens is 278 g/mol. The van der Waals surface area contributed by atoms with Crippen molar-refractivity contribution in [3.63, 3.8) is 0 Å². The van der Waals surface area contributed by atoms with Gasteiger partial charge in [-0.25, -0.2) is 18.4 Å². The number of carbonyl (C=O) groups is 1. The van der Waals surface area contributed by atoms with Crippen LogP contribution in [0.2, 0.25) is 0 Å². The smallest absolute Gasteiger partial charge is 0.322 e. The Labute approximate surface area is 119 Å². The third-order valence-electron chi connectivity index (χ3n) is 3.00. The second-order valence-electron chi connectivity index (χ2n) is 5.92. The van der Waals surface area contributed by atoms with E-state index in [4.69, 9.17) is 5.14 Å². The normalized spacial score (nSPS) is 15.1. The lowest BCUT2D eigenvalue weighted by molar-refractivity contribution is 0.238. The van der Waals surface area contributed by atoms with Crippen molar-refractivity contribution in [2.24, 2.45) is 5.14 Å². The fraction of sp³-hybridized carbons (Fsp3) is 0.462. The molecule has 2 rings (SSSR count). The van der Waals surface area contributed by atoms with Crippen molar-refractivity contribution in [1.82, 2.24) is 5.32 Å². The number of carbonyl (C=O) groups excluding carboxylic acids is 1. The van der Waals surface area contributed by atoms with E-state index in [0.29, 0.717) is 13.0 Å². The number of benzene rings is 1. The number of amides is 2. The number of primary sulfonamides is 1. The van der Waals surface area contributed by atoms with Crippen LogP contribution in [0.1, 0.15) is 26.3 Å². The summed E-state index contributed by atoms with van der Waals surface area (Å²) in [5.74, 6) is 0. The van der Waals surface area contributed by atoms with Gasteiger partial charge in [0.1, 0.15) is 0 Å². The summed E-state index contributed by atoms with van der Waals surface area (Å²) in [5, 5.41) is 8.00. The summed E-state index contributed by atoms with van der Waals surface area (Å²) in [7, 11) is -3.71. The highest BCUT2D eigenvalue weighted by atomic mass is 32.2. The average molecular weight is 297 g/mol. The molecule has 0 saturated carbocycles. The van der Waals surface area contributed by atoms with E-state index < -0.39 is 10.0 Å². The molecule has 3 N–H and O–H groups in total. The van der Waals surface area contributed by atoms with E-state index in [1.54, 1.807) is 11.0 Å². The van der Waals surface area contributed by atoms with Gasteiger partial charge in [-0.15, -0.1) is 0 Å². The monoisotopic (exact) mass is 297 g/mol. The Morgan fingerprint density at radius 1 is 1.35 bits per heavy atom. The largest absolute Gasteiger partial charge is 0.333 e. The summed E-state index contributed by atoms with van der Waals surface area (Å²) in [6, 6.07) is 4.41. The van der Waals surface area contributed by atoms with Gasteiger partial charge in [0.05, 0.1) is 4.90 Å². The average Bonchev–Trinajstić information content (AvgIpc) is 2.67. The van der Waals surface area contributed by atoms with E-state index in [-0.39, 0.29) is 16.5 Å². The summed E-state index contributed by atoms with van der Waals surface area (Å²) in [4.78, 5) is 13.9. The Morgan fingerprint density at radius 2 is 2.00 bits per heavy atom. The number of anilines is 1. The third kappa shape index (κ3) is 3.10. The molecule has 6 nitrogen and oxygen atoms in total.